The molecule has 0 rings (SSSR count). The van der Waals surface area contributed by atoms with Gasteiger partial charge in [-0.15, -0.1) is 0 Å². The molecule has 0 saturated heterocycles. The summed E-state index contributed by atoms with van der Waals surface area (Å²) in [7, 11) is -3.56. The Morgan fingerprint density at radius 3 is 1.05 bits per heavy atom. The van der Waals surface area contributed by atoms with Gasteiger partial charge in [0, 0.05) is 0 Å². The van der Waals surface area contributed by atoms with Gasteiger partial charge >= 0.3 is 240 Å². The topological polar surface area (TPSA) is 46.5 Å². The van der Waals surface area contributed by atoms with Gasteiger partial charge in [-0.05, 0) is 0 Å². The van der Waals surface area contributed by atoms with Gasteiger partial charge in [-0.2, -0.15) is 0 Å². The van der Waals surface area contributed by atoms with Gasteiger partial charge in [-0.3, -0.25) is 0 Å². The second-order valence-corrected chi connectivity index (χ2v) is 28.1. The second-order valence-electron chi connectivity index (χ2n) is 14.3. The quantitative estimate of drug-likeness (QED) is 0.0476. The summed E-state index contributed by atoms with van der Waals surface area (Å²) in [4.78, 5) is 10.5. The molecule has 0 aliphatic heterocycles. The molecule has 0 aromatic heterocycles. The Balaban J connectivity index is 4.61. The molecule has 1 N–H and O–H groups in total. The maximum absolute atomic E-state index is 12.7. The summed E-state index contributed by atoms with van der Waals surface area (Å²) in [6, 6.07) is 0. The van der Waals surface area contributed by atoms with Crippen molar-refractivity contribution in [1.82, 2.24) is 0 Å². The summed E-state index contributed by atoms with van der Waals surface area (Å²) in [6.45, 7) is 12.8. The third kappa shape index (κ3) is 25.8. The van der Waals surface area contributed by atoms with Crippen LogP contribution in [-0.2, 0) is 8.88 Å². The van der Waals surface area contributed by atoms with Crippen LogP contribution in [0.15, 0.2) is 0 Å². The molecule has 244 valence electrons. The third-order valence-corrected chi connectivity index (χ3v) is 20.8. The molecule has 0 aromatic rings. The first kappa shape index (κ1) is 41.3. The van der Waals surface area contributed by atoms with E-state index in [0.29, 0.717) is 0 Å². The Labute approximate surface area is 266 Å². The fraction of sp³-hybridized carbons (Fsp3) is 1.00. The zero-order valence-corrected chi connectivity index (χ0v) is 32.1. The molecule has 1 atom stereocenters. The molecule has 40 heavy (non-hydrogen) atoms. The van der Waals surface area contributed by atoms with Gasteiger partial charge in [0.25, 0.3) is 0 Å². The molecule has 0 saturated carbocycles. The van der Waals surface area contributed by atoms with E-state index in [1.165, 1.54) is 148 Å². The van der Waals surface area contributed by atoms with Gasteiger partial charge in [0.1, 0.15) is 0 Å². The van der Waals surface area contributed by atoms with Crippen molar-refractivity contribution in [2.45, 2.75) is 189 Å². The molecule has 0 heterocycles. The van der Waals surface area contributed by atoms with Crippen molar-refractivity contribution in [1.29, 1.82) is 0 Å². The summed E-state index contributed by atoms with van der Waals surface area (Å²) in [5.74, 6) is 0. The summed E-state index contributed by atoms with van der Waals surface area (Å²) in [5.41, 5.74) is 0.0858. The van der Waals surface area contributed by atoms with E-state index in [1.54, 1.807) is 0 Å². The molecule has 3 nitrogen and oxygen atoms in total. The third-order valence-electron chi connectivity index (χ3n) is 8.19. The van der Waals surface area contributed by atoms with Gasteiger partial charge < -0.3 is 0 Å². The molecule has 0 fully saturated rings. The van der Waals surface area contributed by atoms with E-state index in [0.717, 1.165) is 31.3 Å². The standard InChI is InChI=1S/C34H73IO3P2/c1-7-9-11-13-15-17-19-21-23-25-27-29-31-40(35,33-34(3,4)5,38-39(6,36)37)32-30-28-26-24-22-20-18-16-14-12-10-8-2/h7-33H2,1-6H3,(H,36,37). The first-order valence-electron chi connectivity index (χ1n) is 17.6. The van der Waals surface area contributed by atoms with Gasteiger partial charge in [0.2, 0.25) is 0 Å². The van der Waals surface area contributed by atoms with Crippen molar-refractivity contribution >= 4 is 34.1 Å². The van der Waals surface area contributed by atoms with Crippen LogP contribution in [0.2, 0.25) is 0 Å². The molecule has 0 spiro atoms. The van der Waals surface area contributed by atoms with E-state index in [9.17, 15) is 9.46 Å². The molecule has 0 radical (unpaired) electrons. The van der Waals surface area contributed by atoms with E-state index in [2.05, 4.69) is 56.7 Å². The van der Waals surface area contributed by atoms with Crippen LogP contribution in [0.1, 0.15) is 189 Å². The Hall–Kier alpha value is 1.31. The maximum atomic E-state index is 12.7. The van der Waals surface area contributed by atoms with E-state index < -0.39 is 12.1 Å². The summed E-state index contributed by atoms with van der Waals surface area (Å²) in [5, 5.41) is 0. The molecule has 0 amide bonds. The zero-order valence-electron chi connectivity index (χ0n) is 28.1. The number of hydrogen-bond acceptors (Lipinski definition) is 2. The van der Waals surface area contributed by atoms with Crippen LogP contribution >= 0.6 is 34.1 Å². The predicted molar refractivity (Wildman–Crippen MR) is 194 cm³/mol. The van der Waals surface area contributed by atoms with Crippen molar-refractivity contribution in [3.63, 3.8) is 0 Å². The molecular formula is C34H73IO3P2. The number of unbranched alkanes of at least 4 members (excludes halogenated alkanes) is 22. The normalized spacial score (nSPS) is 15.2. The van der Waals surface area contributed by atoms with E-state index >= 15 is 0 Å². The van der Waals surface area contributed by atoms with E-state index in [1.807, 2.05) is 0 Å². The Kier molecular flexibility index (Phi) is 24.4. The van der Waals surface area contributed by atoms with Crippen molar-refractivity contribution in [2.75, 3.05) is 25.2 Å². The van der Waals surface area contributed by atoms with Crippen molar-refractivity contribution < 1.29 is 13.8 Å². The van der Waals surface area contributed by atoms with Gasteiger partial charge in [-0.1, -0.05) is 26.7 Å². The molecule has 1 unspecified atom stereocenters. The first-order chi connectivity index (χ1) is 18.8. The summed E-state index contributed by atoms with van der Waals surface area (Å²) in [6.07, 6.45) is 35.1. The first-order valence-corrected chi connectivity index (χ1v) is 25.1. The number of rotatable bonds is 29. The van der Waals surface area contributed by atoms with Crippen LogP contribution < -0.4 is 0 Å². The molecule has 0 aromatic carbocycles. The van der Waals surface area contributed by atoms with Crippen molar-refractivity contribution in [3.8, 4) is 0 Å². The fourth-order valence-electron chi connectivity index (χ4n) is 6.40. The van der Waals surface area contributed by atoms with E-state index in [-0.39, 0.29) is 5.41 Å². The van der Waals surface area contributed by atoms with Gasteiger partial charge in [-0.25, -0.2) is 0 Å². The molecule has 0 bridgehead atoms. The minimum atomic E-state index is -3.56. The fourth-order valence-corrected chi connectivity index (χ4v) is 22.8. The number of hydrogen-bond donors (Lipinski definition) is 1. The second kappa shape index (κ2) is 23.7. The van der Waals surface area contributed by atoms with Crippen LogP contribution in [0.3, 0.4) is 0 Å². The predicted octanol–water partition coefficient (Wildman–Crippen LogP) is 14.1. The van der Waals surface area contributed by atoms with Gasteiger partial charge in [0.15, 0.2) is 0 Å². The van der Waals surface area contributed by atoms with Crippen molar-refractivity contribution in [3.05, 3.63) is 0 Å². The molecule has 0 aliphatic carbocycles. The van der Waals surface area contributed by atoms with Crippen LogP contribution in [0.5, 0.6) is 0 Å². The van der Waals surface area contributed by atoms with E-state index in [4.69, 9.17) is 4.31 Å². The van der Waals surface area contributed by atoms with Crippen LogP contribution in [0, 0.1) is 5.41 Å². The summed E-state index contributed by atoms with van der Waals surface area (Å²) >= 11 is 2.62. The van der Waals surface area contributed by atoms with Gasteiger partial charge in [0.05, 0.1) is 0 Å². The summed E-state index contributed by atoms with van der Waals surface area (Å²) < 4.78 is 16.3. The molecule has 6 heteroatoms. The minimum absolute atomic E-state index is 0.0858. The van der Waals surface area contributed by atoms with Crippen LogP contribution in [-0.4, -0.2) is 30.0 Å². The SMILES string of the molecule is CCCCCCCCCCCCCCP(I)(CCCCCCCCCCCCCC)(CC(C)(C)C)OP(C)(=O)O. The Bertz CT molecular complexity index is 601. The zero-order chi connectivity index (χ0) is 30.2. The average molecular weight is 719 g/mol. The number of halogens is 1. The molecular weight excluding hydrogens is 645 g/mol. The monoisotopic (exact) mass is 718 g/mol. The van der Waals surface area contributed by atoms with Crippen LogP contribution in [0.4, 0.5) is 0 Å². The Morgan fingerprint density at radius 1 is 0.575 bits per heavy atom. The van der Waals surface area contributed by atoms with Crippen molar-refractivity contribution in [2.24, 2.45) is 5.41 Å². The average Bonchev–Trinajstić information content (AvgIpc) is 2.83. The van der Waals surface area contributed by atoms with Crippen LogP contribution in [0.25, 0.3) is 0 Å². The Morgan fingerprint density at radius 2 is 0.825 bits per heavy atom. The molecule has 0 aliphatic rings.